The van der Waals surface area contributed by atoms with Gasteiger partial charge in [0.15, 0.2) is 0 Å². The van der Waals surface area contributed by atoms with E-state index in [9.17, 15) is 5.26 Å². The molecule has 0 amide bonds. The van der Waals surface area contributed by atoms with E-state index in [1.54, 1.807) is 0 Å². The smallest absolute Gasteiger partial charge is 0.145 e. The summed E-state index contributed by atoms with van der Waals surface area (Å²) in [7, 11) is 0. The summed E-state index contributed by atoms with van der Waals surface area (Å²) >= 11 is 0. The number of para-hydroxylation sites is 2. The van der Waals surface area contributed by atoms with Crippen LogP contribution in [0.3, 0.4) is 0 Å². The van der Waals surface area contributed by atoms with E-state index in [1.807, 2.05) is 48.8 Å². The standard InChI is InChI=1S/C29H27N5O/c1-2-20-19-34(26-11-7-9-22(17-30)28(26)31-13-5-6-15-35)29-27(20)24(12-14-32-29)23-16-21-8-3-4-10-25(21)33-18-23/h3-4,7-12,14,16,18-19,31,35H,2,5-6,13,15H2,1H3. The molecule has 174 valence electrons. The lowest BCUT2D eigenvalue weighted by Gasteiger charge is -2.15. The zero-order valence-corrected chi connectivity index (χ0v) is 19.7. The van der Waals surface area contributed by atoms with E-state index in [-0.39, 0.29) is 6.61 Å². The van der Waals surface area contributed by atoms with Gasteiger partial charge in [-0.05, 0) is 60.7 Å². The molecule has 0 unspecified atom stereocenters. The van der Waals surface area contributed by atoms with Crippen LogP contribution in [-0.2, 0) is 6.42 Å². The minimum absolute atomic E-state index is 0.160. The third-order valence-electron chi connectivity index (χ3n) is 6.36. The summed E-state index contributed by atoms with van der Waals surface area (Å²) in [5.41, 5.74) is 7.41. The number of nitriles is 1. The van der Waals surface area contributed by atoms with Gasteiger partial charge in [-0.15, -0.1) is 0 Å². The van der Waals surface area contributed by atoms with Crippen molar-refractivity contribution in [2.45, 2.75) is 26.2 Å². The Labute approximate surface area is 204 Å². The van der Waals surface area contributed by atoms with Crippen molar-refractivity contribution in [2.75, 3.05) is 18.5 Å². The van der Waals surface area contributed by atoms with Crippen LogP contribution < -0.4 is 5.32 Å². The quantitative estimate of drug-likeness (QED) is 0.283. The number of nitrogens with one attached hydrogen (secondary N) is 1. The van der Waals surface area contributed by atoms with Gasteiger partial charge in [0.2, 0.25) is 0 Å². The number of benzene rings is 2. The van der Waals surface area contributed by atoms with Crippen molar-refractivity contribution in [2.24, 2.45) is 0 Å². The van der Waals surface area contributed by atoms with Crippen molar-refractivity contribution in [3.8, 4) is 22.9 Å². The van der Waals surface area contributed by atoms with Crippen LogP contribution in [0.2, 0.25) is 0 Å². The Bertz CT molecular complexity index is 1550. The van der Waals surface area contributed by atoms with Gasteiger partial charge in [0.05, 0.1) is 22.5 Å². The Morgan fingerprint density at radius 1 is 1.06 bits per heavy atom. The molecule has 3 aromatic heterocycles. The number of rotatable bonds is 8. The molecule has 2 N–H and O–H groups in total. The largest absolute Gasteiger partial charge is 0.396 e. The van der Waals surface area contributed by atoms with E-state index >= 15 is 0 Å². The van der Waals surface area contributed by atoms with E-state index in [0.717, 1.165) is 57.3 Å². The van der Waals surface area contributed by atoms with E-state index in [1.165, 1.54) is 5.56 Å². The molecule has 6 heteroatoms. The topological polar surface area (TPSA) is 86.8 Å². The molecule has 6 nitrogen and oxygen atoms in total. The predicted octanol–water partition coefficient (Wildman–Crippen LogP) is 5.86. The maximum Gasteiger partial charge on any atom is 0.145 e. The minimum Gasteiger partial charge on any atom is -0.396 e. The van der Waals surface area contributed by atoms with Crippen LogP contribution in [0.1, 0.15) is 30.9 Å². The number of aryl methyl sites for hydroxylation is 1. The van der Waals surface area contributed by atoms with E-state index < -0.39 is 0 Å². The molecule has 5 aromatic rings. The molecule has 0 radical (unpaired) electrons. The second-order valence-corrected chi connectivity index (χ2v) is 8.52. The van der Waals surface area contributed by atoms with Crippen molar-refractivity contribution in [1.82, 2.24) is 14.5 Å². The summed E-state index contributed by atoms with van der Waals surface area (Å²) in [6.45, 7) is 2.98. The van der Waals surface area contributed by atoms with Crippen LogP contribution in [0.15, 0.2) is 73.2 Å². The third kappa shape index (κ3) is 4.23. The molecular weight excluding hydrogens is 434 g/mol. The summed E-state index contributed by atoms with van der Waals surface area (Å²) in [6, 6.07) is 20.4. The average Bonchev–Trinajstić information content (AvgIpc) is 3.29. The minimum atomic E-state index is 0.160. The first-order chi connectivity index (χ1) is 17.2. The Hall–Kier alpha value is -4.21. The van der Waals surface area contributed by atoms with Gasteiger partial charge in [-0.25, -0.2) is 4.98 Å². The van der Waals surface area contributed by atoms with Crippen molar-refractivity contribution in [3.05, 3.63) is 84.3 Å². The Balaban J connectivity index is 1.68. The van der Waals surface area contributed by atoms with Crippen LogP contribution >= 0.6 is 0 Å². The monoisotopic (exact) mass is 461 g/mol. The molecule has 0 spiro atoms. The molecule has 0 aliphatic heterocycles. The molecule has 0 atom stereocenters. The SMILES string of the molecule is CCc1cn(-c2cccc(C#N)c2NCCCCO)c2nccc(-c3cnc4ccccc4c3)c12. The Morgan fingerprint density at radius 2 is 1.94 bits per heavy atom. The van der Waals surface area contributed by atoms with Gasteiger partial charge >= 0.3 is 0 Å². The fourth-order valence-corrected chi connectivity index (χ4v) is 4.61. The number of anilines is 1. The number of fused-ring (bicyclic) bond motifs is 2. The van der Waals surface area contributed by atoms with Gasteiger partial charge in [-0.1, -0.05) is 31.2 Å². The van der Waals surface area contributed by atoms with Crippen molar-refractivity contribution in [1.29, 1.82) is 5.26 Å². The Morgan fingerprint density at radius 3 is 2.77 bits per heavy atom. The number of aromatic nitrogens is 3. The number of aliphatic hydroxyl groups is 1. The summed E-state index contributed by atoms with van der Waals surface area (Å²) in [5, 5.41) is 24.5. The first kappa shape index (κ1) is 22.6. The Kier molecular flexibility index (Phi) is 6.42. The van der Waals surface area contributed by atoms with Gasteiger partial charge in [0.1, 0.15) is 11.7 Å². The summed E-state index contributed by atoms with van der Waals surface area (Å²) in [6.07, 6.45) is 8.28. The van der Waals surface area contributed by atoms with Gasteiger partial charge in [-0.2, -0.15) is 5.26 Å². The molecule has 2 aromatic carbocycles. The van der Waals surface area contributed by atoms with Gasteiger partial charge in [-0.3, -0.25) is 9.55 Å². The van der Waals surface area contributed by atoms with Crippen molar-refractivity contribution < 1.29 is 5.11 Å². The first-order valence-electron chi connectivity index (χ1n) is 12.0. The van der Waals surface area contributed by atoms with Gasteiger partial charge in [0, 0.05) is 48.1 Å². The fraction of sp³-hybridized carbons (Fsp3) is 0.207. The molecule has 35 heavy (non-hydrogen) atoms. The number of unbranched alkanes of at least 4 members (excludes halogenated alkanes) is 1. The van der Waals surface area contributed by atoms with Crippen molar-refractivity contribution >= 4 is 27.6 Å². The summed E-state index contributed by atoms with van der Waals surface area (Å²) in [4.78, 5) is 9.46. The normalized spacial score (nSPS) is 11.1. The first-order valence-corrected chi connectivity index (χ1v) is 12.0. The fourth-order valence-electron chi connectivity index (χ4n) is 4.61. The van der Waals surface area contributed by atoms with Crippen LogP contribution in [0.25, 0.3) is 38.8 Å². The molecule has 0 aliphatic rings. The number of nitrogens with zero attached hydrogens (tertiary/aromatic N) is 4. The molecule has 0 fully saturated rings. The van der Waals surface area contributed by atoms with Gasteiger partial charge < -0.3 is 10.4 Å². The second kappa shape index (κ2) is 9.96. The molecule has 0 aliphatic carbocycles. The lowest BCUT2D eigenvalue weighted by molar-refractivity contribution is 0.286. The number of hydrogen-bond acceptors (Lipinski definition) is 5. The highest BCUT2D eigenvalue weighted by molar-refractivity contribution is 5.98. The van der Waals surface area contributed by atoms with Gasteiger partial charge in [0.25, 0.3) is 0 Å². The zero-order valence-electron chi connectivity index (χ0n) is 19.7. The summed E-state index contributed by atoms with van der Waals surface area (Å²) < 4.78 is 2.08. The third-order valence-corrected chi connectivity index (χ3v) is 6.36. The molecular formula is C29H27N5O. The zero-order chi connectivity index (χ0) is 24.2. The van der Waals surface area contributed by atoms with Crippen LogP contribution in [0.4, 0.5) is 5.69 Å². The number of aliphatic hydroxyl groups excluding tert-OH is 1. The number of hydrogen-bond donors (Lipinski definition) is 2. The summed E-state index contributed by atoms with van der Waals surface area (Å²) in [5.74, 6) is 0. The van der Waals surface area contributed by atoms with Crippen LogP contribution in [0, 0.1) is 11.3 Å². The maximum atomic E-state index is 9.77. The second-order valence-electron chi connectivity index (χ2n) is 8.52. The molecule has 0 saturated heterocycles. The van der Waals surface area contributed by atoms with Crippen LogP contribution in [0.5, 0.6) is 0 Å². The van der Waals surface area contributed by atoms with E-state index in [4.69, 9.17) is 10.1 Å². The number of pyridine rings is 2. The molecule has 0 saturated carbocycles. The maximum absolute atomic E-state index is 9.77. The highest BCUT2D eigenvalue weighted by atomic mass is 16.2. The van der Waals surface area contributed by atoms with Crippen LogP contribution in [-0.4, -0.2) is 32.8 Å². The van der Waals surface area contributed by atoms with Crippen molar-refractivity contribution in [3.63, 3.8) is 0 Å². The highest BCUT2D eigenvalue weighted by Crippen LogP contribution is 2.36. The predicted molar refractivity (Wildman–Crippen MR) is 141 cm³/mol. The molecule has 0 bridgehead atoms. The molecule has 3 heterocycles. The van der Waals surface area contributed by atoms with E-state index in [0.29, 0.717) is 18.5 Å². The van der Waals surface area contributed by atoms with E-state index in [2.05, 4.69) is 52.3 Å². The average molecular weight is 462 g/mol. The lowest BCUT2D eigenvalue weighted by atomic mass is 10.0. The highest BCUT2D eigenvalue weighted by Gasteiger charge is 2.18. The molecule has 5 rings (SSSR count). The lowest BCUT2D eigenvalue weighted by Crippen LogP contribution is -2.08.